The van der Waals surface area contributed by atoms with Gasteiger partial charge in [0.1, 0.15) is 5.82 Å². The van der Waals surface area contributed by atoms with Crippen molar-refractivity contribution in [1.29, 1.82) is 0 Å². The number of nitrogens with zero attached hydrogens (tertiary/aromatic N) is 2. The van der Waals surface area contributed by atoms with Crippen molar-refractivity contribution in [1.82, 2.24) is 9.97 Å². The summed E-state index contributed by atoms with van der Waals surface area (Å²) in [6.45, 7) is 0. The number of fused-ring (bicyclic) bond motifs is 1. The van der Waals surface area contributed by atoms with Gasteiger partial charge in [-0.2, -0.15) is 0 Å². The van der Waals surface area contributed by atoms with Crippen LogP contribution in [0.15, 0.2) is 54.7 Å². The predicted molar refractivity (Wildman–Crippen MR) is 77.8 cm³/mol. The first-order chi connectivity index (χ1) is 9.31. The van der Waals surface area contributed by atoms with Gasteiger partial charge in [-0.15, -0.1) is 0 Å². The Morgan fingerprint density at radius 3 is 2.74 bits per heavy atom. The highest BCUT2D eigenvalue weighted by atomic mass is 14.8. The van der Waals surface area contributed by atoms with Gasteiger partial charge in [0, 0.05) is 17.3 Å². The minimum absolute atomic E-state index is 0.573. The molecular weight excluding hydrogens is 234 g/mol. The van der Waals surface area contributed by atoms with E-state index in [9.17, 15) is 0 Å². The maximum atomic E-state index is 5.68. The SMILES string of the molecule is Nc1cc(CCc2ccc3ccccc3n2)ccn1. The molecule has 3 heteroatoms. The van der Waals surface area contributed by atoms with Gasteiger partial charge < -0.3 is 5.73 Å². The van der Waals surface area contributed by atoms with E-state index in [1.54, 1.807) is 6.20 Å². The van der Waals surface area contributed by atoms with Crippen molar-refractivity contribution in [2.24, 2.45) is 0 Å². The molecule has 0 aliphatic carbocycles. The molecule has 0 bridgehead atoms. The van der Waals surface area contributed by atoms with Gasteiger partial charge in [-0.1, -0.05) is 24.3 Å². The number of nitrogens with two attached hydrogens (primary N) is 1. The van der Waals surface area contributed by atoms with E-state index in [2.05, 4.69) is 28.2 Å². The van der Waals surface area contributed by atoms with Crippen LogP contribution in [0, 0.1) is 0 Å². The van der Waals surface area contributed by atoms with Gasteiger partial charge >= 0.3 is 0 Å². The van der Waals surface area contributed by atoms with Crippen LogP contribution in [0.25, 0.3) is 10.9 Å². The van der Waals surface area contributed by atoms with Crippen LogP contribution in [0.2, 0.25) is 0 Å². The molecule has 19 heavy (non-hydrogen) atoms. The monoisotopic (exact) mass is 249 g/mol. The van der Waals surface area contributed by atoms with E-state index >= 15 is 0 Å². The average molecular weight is 249 g/mol. The molecule has 2 N–H and O–H groups in total. The van der Waals surface area contributed by atoms with Crippen molar-refractivity contribution < 1.29 is 0 Å². The molecule has 0 aliphatic heterocycles. The Hall–Kier alpha value is -2.42. The van der Waals surface area contributed by atoms with Gasteiger partial charge in [0.05, 0.1) is 5.52 Å². The van der Waals surface area contributed by atoms with Gasteiger partial charge in [0.2, 0.25) is 0 Å². The third kappa shape index (κ3) is 2.71. The summed E-state index contributed by atoms with van der Waals surface area (Å²) >= 11 is 0. The summed E-state index contributed by atoms with van der Waals surface area (Å²) in [5, 5.41) is 1.18. The zero-order chi connectivity index (χ0) is 13.1. The molecule has 1 aromatic carbocycles. The summed E-state index contributed by atoms with van der Waals surface area (Å²) in [7, 11) is 0. The smallest absolute Gasteiger partial charge is 0.123 e. The zero-order valence-corrected chi connectivity index (χ0v) is 10.6. The Bertz CT molecular complexity index is 707. The second kappa shape index (κ2) is 5.06. The van der Waals surface area contributed by atoms with E-state index in [1.165, 1.54) is 10.9 Å². The van der Waals surface area contributed by atoms with E-state index < -0.39 is 0 Å². The van der Waals surface area contributed by atoms with Crippen molar-refractivity contribution in [2.75, 3.05) is 5.73 Å². The maximum absolute atomic E-state index is 5.68. The largest absolute Gasteiger partial charge is 0.384 e. The van der Waals surface area contributed by atoms with Crippen molar-refractivity contribution >= 4 is 16.7 Å². The fourth-order valence-corrected chi connectivity index (χ4v) is 2.17. The van der Waals surface area contributed by atoms with E-state index in [4.69, 9.17) is 5.73 Å². The van der Waals surface area contributed by atoms with Crippen molar-refractivity contribution in [3.8, 4) is 0 Å². The number of pyridine rings is 2. The predicted octanol–water partition coefficient (Wildman–Crippen LogP) is 3.00. The summed E-state index contributed by atoms with van der Waals surface area (Å²) in [5.74, 6) is 0.573. The number of aryl methyl sites for hydroxylation is 2. The lowest BCUT2D eigenvalue weighted by atomic mass is 10.1. The highest BCUT2D eigenvalue weighted by Gasteiger charge is 2.00. The highest BCUT2D eigenvalue weighted by Crippen LogP contribution is 2.13. The molecular formula is C16H15N3. The minimum atomic E-state index is 0.573. The van der Waals surface area contributed by atoms with Crippen LogP contribution in [0.1, 0.15) is 11.3 Å². The number of rotatable bonds is 3. The summed E-state index contributed by atoms with van der Waals surface area (Å²) in [6.07, 6.45) is 3.59. The summed E-state index contributed by atoms with van der Waals surface area (Å²) in [4.78, 5) is 8.66. The van der Waals surface area contributed by atoms with Gasteiger partial charge in [-0.05, 0) is 42.7 Å². The number of anilines is 1. The molecule has 0 radical (unpaired) electrons. The molecule has 2 aromatic heterocycles. The quantitative estimate of drug-likeness (QED) is 0.776. The molecule has 0 fully saturated rings. The second-order valence-electron chi connectivity index (χ2n) is 4.58. The van der Waals surface area contributed by atoms with Crippen LogP contribution >= 0.6 is 0 Å². The summed E-state index contributed by atoms with van der Waals surface area (Å²) < 4.78 is 0. The van der Waals surface area contributed by atoms with Crippen LogP contribution < -0.4 is 5.73 Å². The van der Waals surface area contributed by atoms with Crippen molar-refractivity contribution in [3.05, 3.63) is 66.0 Å². The normalized spacial score (nSPS) is 10.7. The zero-order valence-electron chi connectivity index (χ0n) is 10.6. The van der Waals surface area contributed by atoms with E-state index in [-0.39, 0.29) is 0 Å². The summed E-state index contributed by atoms with van der Waals surface area (Å²) in [5.41, 5.74) is 9.03. The maximum Gasteiger partial charge on any atom is 0.123 e. The second-order valence-corrected chi connectivity index (χ2v) is 4.58. The molecule has 0 aliphatic rings. The van der Waals surface area contributed by atoms with Gasteiger partial charge in [-0.3, -0.25) is 4.98 Å². The first kappa shape index (κ1) is 11.7. The number of hydrogen-bond donors (Lipinski definition) is 1. The van der Waals surface area contributed by atoms with Gasteiger partial charge in [0.25, 0.3) is 0 Å². The molecule has 0 spiro atoms. The first-order valence-electron chi connectivity index (χ1n) is 6.36. The number of aromatic nitrogens is 2. The lowest BCUT2D eigenvalue weighted by molar-refractivity contribution is 0.920. The molecule has 0 atom stereocenters. The molecule has 3 aromatic rings. The fourth-order valence-electron chi connectivity index (χ4n) is 2.17. The Balaban J connectivity index is 1.78. The van der Waals surface area contributed by atoms with Crippen molar-refractivity contribution in [2.45, 2.75) is 12.8 Å². The van der Waals surface area contributed by atoms with E-state index in [0.717, 1.165) is 24.1 Å². The van der Waals surface area contributed by atoms with Gasteiger partial charge in [-0.25, -0.2) is 4.98 Å². The lowest BCUT2D eigenvalue weighted by Crippen LogP contribution is -1.97. The first-order valence-corrected chi connectivity index (χ1v) is 6.36. The highest BCUT2D eigenvalue weighted by molar-refractivity contribution is 5.78. The molecule has 94 valence electrons. The summed E-state index contributed by atoms with van der Waals surface area (Å²) in [6, 6.07) is 16.3. The molecule has 3 nitrogen and oxygen atoms in total. The van der Waals surface area contributed by atoms with Crippen molar-refractivity contribution in [3.63, 3.8) is 0 Å². The average Bonchev–Trinajstić information content (AvgIpc) is 2.45. The van der Waals surface area contributed by atoms with E-state index in [0.29, 0.717) is 5.82 Å². The molecule has 0 saturated carbocycles. The van der Waals surface area contributed by atoms with Crippen LogP contribution in [-0.2, 0) is 12.8 Å². The topological polar surface area (TPSA) is 51.8 Å². The Kier molecular flexibility index (Phi) is 3.11. The third-order valence-electron chi connectivity index (χ3n) is 3.17. The molecule has 0 unspecified atom stereocenters. The number of para-hydroxylation sites is 1. The van der Waals surface area contributed by atoms with Crippen LogP contribution in [0.3, 0.4) is 0 Å². The third-order valence-corrected chi connectivity index (χ3v) is 3.17. The molecule has 0 amide bonds. The minimum Gasteiger partial charge on any atom is -0.384 e. The number of benzene rings is 1. The Morgan fingerprint density at radius 1 is 0.947 bits per heavy atom. The fraction of sp³-hybridized carbons (Fsp3) is 0.125. The molecule has 3 rings (SSSR count). The number of hydrogen-bond acceptors (Lipinski definition) is 3. The Morgan fingerprint density at radius 2 is 1.84 bits per heavy atom. The molecule has 2 heterocycles. The van der Waals surface area contributed by atoms with Crippen LogP contribution in [0.4, 0.5) is 5.82 Å². The van der Waals surface area contributed by atoms with Gasteiger partial charge in [0.15, 0.2) is 0 Å². The van der Waals surface area contributed by atoms with E-state index in [1.807, 2.05) is 30.3 Å². The standard InChI is InChI=1S/C16H15N3/c17-16-11-12(9-10-18-16)5-7-14-8-6-13-3-1-2-4-15(13)19-14/h1-4,6,8-11H,5,7H2,(H2,17,18). The van der Waals surface area contributed by atoms with Crippen LogP contribution in [0.5, 0.6) is 0 Å². The lowest BCUT2D eigenvalue weighted by Gasteiger charge is -2.04. The van der Waals surface area contributed by atoms with Crippen LogP contribution in [-0.4, -0.2) is 9.97 Å². The Labute approximate surface area is 112 Å². The number of nitrogen functional groups attached to an aromatic ring is 1. The molecule has 0 saturated heterocycles.